The first kappa shape index (κ1) is 12.9. The van der Waals surface area contributed by atoms with Crippen molar-refractivity contribution >= 4 is 5.82 Å². The third kappa shape index (κ3) is 2.35. The summed E-state index contributed by atoms with van der Waals surface area (Å²) < 4.78 is 0. The summed E-state index contributed by atoms with van der Waals surface area (Å²) >= 11 is 0. The van der Waals surface area contributed by atoms with E-state index in [0.29, 0.717) is 6.04 Å². The molecule has 1 aromatic heterocycles. The molecule has 4 nitrogen and oxygen atoms in total. The van der Waals surface area contributed by atoms with Gasteiger partial charge < -0.3 is 10.0 Å². The van der Waals surface area contributed by atoms with Gasteiger partial charge in [0.15, 0.2) is 0 Å². The van der Waals surface area contributed by atoms with E-state index in [9.17, 15) is 5.11 Å². The Bertz CT molecular complexity index is 449. The minimum absolute atomic E-state index is 0.457. The molecule has 2 fully saturated rings. The lowest BCUT2D eigenvalue weighted by Crippen LogP contribution is -2.37. The molecule has 2 unspecified atom stereocenters. The van der Waals surface area contributed by atoms with Crippen LogP contribution in [0.5, 0.6) is 0 Å². The summed E-state index contributed by atoms with van der Waals surface area (Å²) in [4.78, 5) is 9.42. The van der Waals surface area contributed by atoms with Crippen LogP contribution in [0.4, 0.5) is 5.82 Å². The first-order valence-corrected chi connectivity index (χ1v) is 7.26. The van der Waals surface area contributed by atoms with Gasteiger partial charge in [-0.3, -0.25) is 4.90 Å². The first-order valence-electron chi connectivity index (χ1n) is 7.26. The molecule has 2 bridgehead atoms. The number of fused-ring (bicyclic) bond motifs is 2. The quantitative estimate of drug-likeness (QED) is 0.881. The molecule has 2 saturated heterocycles. The number of hydrogen-bond acceptors (Lipinski definition) is 4. The molecule has 104 valence electrons. The highest BCUT2D eigenvalue weighted by Crippen LogP contribution is 2.32. The van der Waals surface area contributed by atoms with Crippen molar-refractivity contribution in [2.45, 2.75) is 44.4 Å². The fourth-order valence-electron chi connectivity index (χ4n) is 3.50. The zero-order chi connectivity index (χ0) is 13.4. The molecule has 0 amide bonds. The lowest BCUT2D eigenvalue weighted by Gasteiger charge is -2.28. The van der Waals surface area contributed by atoms with Crippen molar-refractivity contribution in [1.82, 2.24) is 9.88 Å². The Kier molecular flexibility index (Phi) is 3.46. The lowest BCUT2D eigenvalue weighted by atomic mass is 10.1. The van der Waals surface area contributed by atoms with Crippen molar-refractivity contribution in [3.05, 3.63) is 23.9 Å². The number of pyridine rings is 1. The SMILES string of the molecule is C[C@@H](O)c1cccnc1N1CCC2CCC(C1)N2C. The highest BCUT2D eigenvalue weighted by molar-refractivity contribution is 5.48. The molecule has 1 aromatic rings. The molecule has 3 heterocycles. The normalized spacial score (nSPS) is 29.3. The Labute approximate surface area is 115 Å². The third-order valence-corrected chi connectivity index (χ3v) is 4.71. The number of rotatable bonds is 2. The molecule has 1 N–H and O–H groups in total. The summed E-state index contributed by atoms with van der Waals surface area (Å²) in [6.45, 7) is 3.89. The molecule has 2 aliphatic heterocycles. The Morgan fingerprint density at radius 1 is 1.32 bits per heavy atom. The molecule has 2 aliphatic rings. The molecule has 0 spiro atoms. The van der Waals surface area contributed by atoms with Gasteiger partial charge in [-0.2, -0.15) is 0 Å². The first-order chi connectivity index (χ1) is 9.16. The van der Waals surface area contributed by atoms with Crippen LogP contribution >= 0.6 is 0 Å². The van der Waals surface area contributed by atoms with E-state index < -0.39 is 6.10 Å². The summed E-state index contributed by atoms with van der Waals surface area (Å²) in [6.07, 6.45) is 5.19. The number of hydrogen-bond donors (Lipinski definition) is 1. The Morgan fingerprint density at radius 2 is 2.11 bits per heavy atom. The molecular formula is C15H23N3O. The highest BCUT2D eigenvalue weighted by Gasteiger charge is 2.35. The second-order valence-corrected chi connectivity index (χ2v) is 5.88. The van der Waals surface area contributed by atoms with Crippen molar-refractivity contribution < 1.29 is 5.11 Å². The summed E-state index contributed by atoms with van der Waals surface area (Å²) in [6, 6.07) is 5.26. The van der Waals surface area contributed by atoms with Crippen LogP contribution in [0.15, 0.2) is 18.3 Å². The summed E-state index contributed by atoms with van der Waals surface area (Å²) in [5.74, 6) is 0.971. The van der Waals surface area contributed by atoms with E-state index >= 15 is 0 Å². The van der Waals surface area contributed by atoms with Crippen LogP contribution in [-0.2, 0) is 0 Å². The monoisotopic (exact) mass is 261 g/mol. The van der Waals surface area contributed by atoms with Crippen LogP contribution in [0.25, 0.3) is 0 Å². The number of aliphatic hydroxyl groups is 1. The van der Waals surface area contributed by atoms with Crippen LogP contribution in [0.1, 0.15) is 37.9 Å². The topological polar surface area (TPSA) is 39.6 Å². The molecule has 3 rings (SSSR count). The van der Waals surface area contributed by atoms with Gasteiger partial charge in [0.25, 0.3) is 0 Å². The molecule has 0 saturated carbocycles. The average Bonchev–Trinajstić information content (AvgIpc) is 2.63. The van der Waals surface area contributed by atoms with E-state index in [1.54, 1.807) is 0 Å². The van der Waals surface area contributed by atoms with Crippen LogP contribution in [-0.4, -0.2) is 47.2 Å². The Hall–Kier alpha value is -1.13. The fourth-order valence-corrected chi connectivity index (χ4v) is 3.50. The lowest BCUT2D eigenvalue weighted by molar-refractivity contribution is 0.199. The van der Waals surface area contributed by atoms with Crippen LogP contribution in [0.2, 0.25) is 0 Å². The van der Waals surface area contributed by atoms with Crippen molar-refractivity contribution in [3.63, 3.8) is 0 Å². The minimum Gasteiger partial charge on any atom is -0.389 e. The van der Waals surface area contributed by atoms with Crippen LogP contribution < -0.4 is 4.90 Å². The minimum atomic E-state index is -0.457. The van der Waals surface area contributed by atoms with Gasteiger partial charge in [-0.25, -0.2) is 4.98 Å². The van der Waals surface area contributed by atoms with Crippen LogP contribution in [0.3, 0.4) is 0 Å². The fraction of sp³-hybridized carbons (Fsp3) is 0.667. The molecule has 0 aromatic carbocycles. The van der Waals surface area contributed by atoms with E-state index in [1.807, 2.05) is 25.3 Å². The third-order valence-electron chi connectivity index (χ3n) is 4.71. The van der Waals surface area contributed by atoms with Gasteiger partial charge in [-0.1, -0.05) is 6.07 Å². The van der Waals surface area contributed by atoms with Crippen LogP contribution in [0, 0.1) is 0 Å². The largest absolute Gasteiger partial charge is 0.389 e. The van der Waals surface area contributed by atoms with Gasteiger partial charge in [-0.05, 0) is 39.3 Å². The molecule has 4 heteroatoms. The number of likely N-dealkylation sites (N-methyl/N-ethyl adjacent to an activating group) is 1. The summed E-state index contributed by atoms with van der Waals surface area (Å²) in [5, 5.41) is 9.91. The Balaban J connectivity index is 1.87. The van der Waals surface area contributed by atoms with Crippen molar-refractivity contribution in [2.24, 2.45) is 0 Å². The second-order valence-electron chi connectivity index (χ2n) is 5.88. The van der Waals surface area contributed by atoms with E-state index in [4.69, 9.17) is 0 Å². The molecule has 0 radical (unpaired) electrons. The molecule has 19 heavy (non-hydrogen) atoms. The van der Waals surface area contributed by atoms with Gasteiger partial charge in [0.05, 0.1) is 6.10 Å². The van der Waals surface area contributed by atoms with Crippen molar-refractivity contribution in [3.8, 4) is 0 Å². The van der Waals surface area contributed by atoms with Gasteiger partial charge >= 0.3 is 0 Å². The van der Waals surface area contributed by atoms with Gasteiger partial charge in [0.1, 0.15) is 5.82 Å². The number of nitrogens with zero attached hydrogens (tertiary/aromatic N) is 3. The number of anilines is 1. The van der Waals surface area contributed by atoms with Crippen molar-refractivity contribution in [1.29, 1.82) is 0 Å². The maximum absolute atomic E-state index is 9.91. The number of aliphatic hydroxyl groups excluding tert-OH is 1. The van der Waals surface area contributed by atoms with E-state index in [0.717, 1.165) is 30.5 Å². The molecular weight excluding hydrogens is 238 g/mol. The molecule has 3 atom stereocenters. The number of aromatic nitrogens is 1. The summed E-state index contributed by atoms with van der Waals surface area (Å²) in [7, 11) is 2.25. The average molecular weight is 261 g/mol. The van der Waals surface area contributed by atoms with Gasteiger partial charge in [0.2, 0.25) is 0 Å². The van der Waals surface area contributed by atoms with E-state index in [2.05, 4.69) is 21.8 Å². The highest BCUT2D eigenvalue weighted by atomic mass is 16.3. The van der Waals surface area contributed by atoms with E-state index in [-0.39, 0.29) is 0 Å². The van der Waals surface area contributed by atoms with Gasteiger partial charge in [0, 0.05) is 36.9 Å². The van der Waals surface area contributed by atoms with E-state index in [1.165, 1.54) is 19.3 Å². The maximum atomic E-state index is 9.91. The summed E-state index contributed by atoms with van der Waals surface area (Å²) in [5.41, 5.74) is 0.947. The van der Waals surface area contributed by atoms with Gasteiger partial charge in [-0.15, -0.1) is 0 Å². The smallest absolute Gasteiger partial charge is 0.134 e. The standard InChI is InChI=1S/C15H23N3O/c1-11(19)14-4-3-8-16-15(14)18-9-7-12-5-6-13(10-18)17(12)2/h3-4,8,11-13,19H,5-7,9-10H2,1-2H3/t11-,12?,13?/m1/s1. The second kappa shape index (κ2) is 5.10. The van der Waals surface area contributed by atoms with Crippen molar-refractivity contribution in [2.75, 3.05) is 25.0 Å². The Morgan fingerprint density at radius 3 is 2.89 bits per heavy atom. The maximum Gasteiger partial charge on any atom is 0.134 e. The zero-order valence-electron chi connectivity index (χ0n) is 11.8. The zero-order valence-corrected chi connectivity index (χ0v) is 11.8. The molecule has 0 aliphatic carbocycles. The predicted octanol–water partition coefficient (Wildman–Crippen LogP) is 1.81. The predicted molar refractivity (Wildman–Crippen MR) is 76.3 cm³/mol.